The lowest BCUT2D eigenvalue weighted by Gasteiger charge is -2.25. The number of amides is 1. The molecule has 2 saturated heterocycles. The van der Waals surface area contributed by atoms with Crippen LogP contribution < -0.4 is 20.5 Å². The second-order valence-corrected chi connectivity index (χ2v) is 10.1. The number of likely N-dealkylation sites (tertiary alicyclic amines) is 1. The van der Waals surface area contributed by atoms with Gasteiger partial charge < -0.3 is 35.1 Å². The highest BCUT2D eigenvalue weighted by atomic mass is 16.5. The number of nitrogens with two attached hydrogens (primary N) is 1. The van der Waals surface area contributed by atoms with E-state index in [-0.39, 0.29) is 18.1 Å². The molecule has 0 bridgehead atoms. The van der Waals surface area contributed by atoms with Crippen LogP contribution in [0.3, 0.4) is 0 Å². The number of nitrogen functional groups attached to an aromatic ring is 1. The van der Waals surface area contributed by atoms with E-state index in [1.165, 1.54) is 0 Å². The van der Waals surface area contributed by atoms with Gasteiger partial charge in [0.1, 0.15) is 17.6 Å². The summed E-state index contributed by atoms with van der Waals surface area (Å²) >= 11 is 0. The van der Waals surface area contributed by atoms with Gasteiger partial charge in [0.25, 0.3) is 5.91 Å². The fourth-order valence-electron chi connectivity index (χ4n) is 5.03. The van der Waals surface area contributed by atoms with E-state index in [1.54, 1.807) is 25.4 Å². The van der Waals surface area contributed by atoms with Crippen molar-refractivity contribution < 1.29 is 19.0 Å². The summed E-state index contributed by atoms with van der Waals surface area (Å²) < 4.78 is 17.1. The van der Waals surface area contributed by atoms with Crippen LogP contribution in [0.2, 0.25) is 0 Å². The van der Waals surface area contributed by atoms with E-state index in [9.17, 15) is 4.79 Å². The molecule has 2 aromatic carbocycles. The highest BCUT2D eigenvalue weighted by molar-refractivity contribution is 5.97. The Hall–Kier alpha value is -3.89. The maximum Gasteiger partial charge on any atom is 0.257 e. The van der Waals surface area contributed by atoms with Gasteiger partial charge in [0.2, 0.25) is 5.95 Å². The van der Waals surface area contributed by atoms with Gasteiger partial charge in [0, 0.05) is 56.0 Å². The molecule has 1 aromatic heterocycles. The van der Waals surface area contributed by atoms with Gasteiger partial charge in [0.05, 0.1) is 37.3 Å². The number of aromatic nitrogens is 2. The maximum atomic E-state index is 13.2. The largest absolute Gasteiger partial charge is 0.496 e. The number of nitrogens with zero attached hydrogens (tertiary/aromatic N) is 4. The van der Waals surface area contributed by atoms with Gasteiger partial charge in [-0.2, -0.15) is 0 Å². The van der Waals surface area contributed by atoms with Crippen molar-refractivity contribution in [3.05, 3.63) is 54.2 Å². The first kappa shape index (κ1) is 26.7. The molecular formula is C29H36N6O4. The topological polar surface area (TPSA) is 115 Å². The predicted octanol–water partition coefficient (Wildman–Crippen LogP) is 3.81. The minimum Gasteiger partial charge on any atom is -0.496 e. The van der Waals surface area contributed by atoms with Crippen LogP contribution in [0, 0.1) is 0 Å². The summed E-state index contributed by atoms with van der Waals surface area (Å²) in [7, 11) is 5.49. The summed E-state index contributed by atoms with van der Waals surface area (Å²) in [6.45, 7) is 3.27. The molecule has 1 unspecified atom stereocenters. The number of nitrogens with one attached hydrogen (secondary N) is 1. The Labute approximate surface area is 229 Å². The number of carbonyl (C=O) groups excluding carboxylic acids is 1. The van der Waals surface area contributed by atoms with E-state index in [4.69, 9.17) is 19.9 Å². The van der Waals surface area contributed by atoms with Gasteiger partial charge in [-0.05, 0) is 56.4 Å². The lowest BCUT2D eigenvalue weighted by Crippen LogP contribution is -2.38. The van der Waals surface area contributed by atoms with Crippen molar-refractivity contribution in [1.29, 1.82) is 0 Å². The van der Waals surface area contributed by atoms with Crippen molar-refractivity contribution in [2.75, 3.05) is 58.6 Å². The first-order valence-electron chi connectivity index (χ1n) is 13.3. The molecule has 0 aliphatic carbocycles. The molecule has 0 saturated carbocycles. The SMILES string of the molecule is COc1cc(Nc2nccc(-c3ccc(OC4CCOCC4)c(N)c3)n2)ccc1C(=O)N(C)C1CCN(C)C1. The quantitative estimate of drug-likeness (QED) is 0.418. The zero-order valence-corrected chi connectivity index (χ0v) is 22.7. The molecule has 0 spiro atoms. The smallest absolute Gasteiger partial charge is 0.257 e. The zero-order valence-electron chi connectivity index (χ0n) is 22.7. The number of ether oxygens (including phenoxy) is 3. The van der Waals surface area contributed by atoms with Crippen molar-refractivity contribution in [2.45, 2.75) is 31.4 Å². The van der Waals surface area contributed by atoms with Crippen LogP contribution >= 0.6 is 0 Å². The van der Waals surface area contributed by atoms with Gasteiger partial charge >= 0.3 is 0 Å². The molecule has 3 heterocycles. The summed E-state index contributed by atoms with van der Waals surface area (Å²) in [6, 6.07) is 13.1. The van der Waals surface area contributed by atoms with Gasteiger partial charge in [-0.15, -0.1) is 0 Å². The van der Waals surface area contributed by atoms with E-state index in [0.29, 0.717) is 47.6 Å². The Morgan fingerprint density at radius 3 is 2.67 bits per heavy atom. The molecule has 39 heavy (non-hydrogen) atoms. The molecule has 2 aliphatic rings. The summed E-state index contributed by atoms with van der Waals surface area (Å²) in [5.74, 6) is 1.53. The van der Waals surface area contributed by atoms with Crippen LogP contribution in [-0.2, 0) is 4.74 Å². The van der Waals surface area contributed by atoms with Crippen molar-refractivity contribution in [3.63, 3.8) is 0 Å². The van der Waals surface area contributed by atoms with E-state index < -0.39 is 0 Å². The first-order chi connectivity index (χ1) is 18.9. The molecule has 2 fully saturated rings. The average Bonchev–Trinajstić information content (AvgIpc) is 3.40. The number of hydrogen-bond acceptors (Lipinski definition) is 9. The third-order valence-corrected chi connectivity index (χ3v) is 7.35. The van der Waals surface area contributed by atoms with E-state index in [1.807, 2.05) is 42.3 Å². The summed E-state index contributed by atoms with van der Waals surface area (Å²) in [5.41, 5.74) is 9.69. The second kappa shape index (κ2) is 11.9. The molecule has 206 valence electrons. The van der Waals surface area contributed by atoms with Crippen LogP contribution in [0.4, 0.5) is 17.3 Å². The first-order valence-corrected chi connectivity index (χ1v) is 13.3. The Morgan fingerprint density at radius 1 is 1.13 bits per heavy atom. The Bertz CT molecular complexity index is 1310. The number of rotatable bonds is 8. The number of carbonyl (C=O) groups is 1. The van der Waals surface area contributed by atoms with Crippen molar-refractivity contribution in [1.82, 2.24) is 19.8 Å². The van der Waals surface area contributed by atoms with Crippen molar-refractivity contribution in [2.24, 2.45) is 0 Å². The molecule has 10 heteroatoms. The zero-order chi connectivity index (χ0) is 27.4. The molecule has 3 N–H and O–H groups in total. The van der Waals surface area contributed by atoms with Gasteiger partial charge in [-0.3, -0.25) is 4.79 Å². The predicted molar refractivity (Wildman–Crippen MR) is 151 cm³/mol. The van der Waals surface area contributed by atoms with Crippen LogP contribution in [0.1, 0.15) is 29.6 Å². The molecule has 5 rings (SSSR count). The summed E-state index contributed by atoms with van der Waals surface area (Å²) in [4.78, 5) is 26.3. The summed E-state index contributed by atoms with van der Waals surface area (Å²) in [6.07, 6.45) is 4.49. The lowest BCUT2D eigenvalue weighted by atomic mass is 10.1. The fourth-order valence-corrected chi connectivity index (χ4v) is 5.03. The highest BCUT2D eigenvalue weighted by Crippen LogP contribution is 2.31. The normalized spacial score (nSPS) is 18.1. The van der Waals surface area contributed by atoms with Crippen LogP contribution in [0.5, 0.6) is 11.5 Å². The molecule has 0 radical (unpaired) electrons. The minimum atomic E-state index is -0.0567. The van der Waals surface area contributed by atoms with Crippen molar-refractivity contribution in [3.8, 4) is 22.8 Å². The standard InChI is InChI=1S/C29H36N6O4/c1-34-13-9-21(18-34)35(2)28(36)23-6-5-20(17-27(23)37-3)32-29-31-12-8-25(33-29)19-4-7-26(24(30)16-19)39-22-10-14-38-15-11-22/h4-8,12,16-17,21-22H,9-11,13-15,18,30H2,1-3H3,(H,31,32,33). The third-order valence-electron chi connectivity index (χ3n) is 7.35. The molecule has 2 aliphatic heterocycles. The monoisotopic (exact) mass is 532 g/mol. The number of hydrogen-bond donors (Lipinski definition) is 2. The van der Waals surface area contributed by atoms with Crippen LogP contribution in [-0.4, -0.2) is 85.3 Å². The van der Waals surface area contributed by atoms with Crippen molar-refractivity contribution >= 4 is 23.2 Å². The van der Waals surface area contributed by atoms with Gasteiger partial charge in [-0.25, -0.2) is 9.97 Å². The minimum absolute atomic E-state index is 0.0567. The Balaban J connectivity index is 1.29. The number of benzene rings is 2. The van der Waals surface area contributed by atoms with E-state index in [2.05, 4.69) is 27.2 Å². The number of anilines is 3. The molecule has 1 amide bonds. The maximum absolute atomic E-state index is 13.2. The fraction of sp³-hybridized carbons (Fsp3) is 0.414. The Morgan fingerprint density at radius 2 is 1.95 bits per heavy atom. The molecular weight excluding hydrogens is 496 g/mol. The second-order valence-electron chi connectivity index (χ2n) is 10.1. The third kappa shape index (κ3) is 6.23. The molecule has 3 aromatic rings. The summed E-state index contributed by atoms with van der Waals surface area (Å²) in [5, 5.41) is 3.22. The highest BCUT2D eigenvalue weighted by Gasteiger charge is 2.28. The van der Waals surface area contributed by atoms with Gasteiger partial charge in [0.15, 0.2) is 0 Å². The van der Waals surface area contributed by atoms with Crippen LogP contribution in [0.25, 0.3) is 11.3 Å². The Kier molecular flexibility index (Phi) is 8.13. The molecule has 1 atom stereocenters. The number of methoxy groups -OCH3 is 1. The van der Waals surface area contributed by atoms with E-state index in [0.717, 1.165) is 43.6 Å². The van der Waals surface area contributed by atoms with Crippen LogP contribution in [0.15, 0.2) is 48.7 Å². The van der Waals surface area contributed by atoms with Gasteiger partial charge in [-0.1, -0.05) is 0 Å². The molecule has 10 nitrogen and oxygen atoms in total. The van der Waals surface area contributed by atoms with E-state index >= 15 is 0 Å². The average molecular weight is 533 g/mol. The lowest BCUT2D eigenvalue weighted by molar-refractivity contribution is 0.0259. The number of likely N-dealkylation sites (N-methyl/N-ethyl adjacent to an activating group) is 2.